The summed E-state index contributed by atoms with van der Waals surface area (Å²) in [5, 5.41) is 1.61. The number of fused-ring (bicyclic) bond motifs is 1. The smallest absolute Gasteiger partial charge is 0.219 e. The third-order valence-corrected chi connectivity index (χ3v) is 3.37. The van der Waals surface area contributed by atoms with Crippen LogP contribution in [0.4, 0.5) is 0 Å². The first-order valence-corrected chi connectivity index (χ1v) is 5.19. The van der Waals surface area contributed by atoms with E-state index >= 15 is 0 Å². The minimum atomic E-state index is 0.238. The number of halogens is 2. The summed E-state index contributed by atoms with van der Waals surface area (Å²) >= 11 is 9.43. The van der Waals surface area contributed by atoms with Crippen molar-refractivity contribution < 1.29 is 4.79 Å². The molecule has 0 bridgehead atoms. The quantitative estimate of drug-likeness (QED) is 0.822. The molecule has 0 aliphatic rings. The van der Waals surface area contributed by atoms with Crippen LogP contribution in [-0.4, -0.2) is 10.9 Å². The van der Waals surface area contributed by atoms with E-state index in [1.165, 1.54) is 0 Å². The monoisotopic (exact) mass is 270 g/mol. The maximum absolute atomic E-state index is 10.3. The van der Waals surface area contributed by atoms with Gasteiger partial charge < -0.3 is 4.57 Å². The van der Waals surface area contributed by atoms with Gasteiger partial charge in [0, 0.05) is 21.6 Å². The molecular weight excluding hydrogens is 265 g/mol. The van der Waals surface area contributed by atoms with Crippen molar-refractivity contribution in [3.05, 3.63) is 33.9 Å². The maximum atomic E-state index is 10.3. The van der Waals surface area contributed by atoms with Gasteiger partial charge in [0.15, 0.2) is 0 Å². The first kappa shape index (κ1) is 9.74. The van der Waals surface area contributed by atoms with Crippen LogP contribution in [0.5, 0.6) is 0 Å². The van der Waals surface area contributed by atoms with Gasteiger partial charge in [0.05, 0.1) is 11.6 Å². The second-order valence-electron chi connectivity index (χ2n) is 2.88. The Morgan fingerprint density at radius 2 is 2.21 bits per heavy atom. The van der Waals surface area contributed by atoms with E-state index in [0.717, 1.165) is 15.4 Å². The third kappa shape index (κ3) is 1.47. The zero-order valence-electron chi connectivity index (χ0n) is 7.13. The third-order valence-electron chi connectivity index (χ3n) is 2.08. The van der Waals surface area contributed by atoms with Gasteiger partial charge in [-0.1, -0.05) is 11.6 Å². The standard InChI is InChI=1S/C10H6BrClNO/c11-8-1-2-9-7(10(8)12)3-4-13(9)5-6-14/h1-4H,5H2. The van der Waals surface area contributed by atoms with Crippen molar-refractivity contribution in [2.75, 3.05) is 0 Å². The number of rotatable bonds is 2. The Labute approximate surface area is 94.6 Å². The molecule has 0 spiro atoms. The first-order valence-electron chi connectivity index (χ1n) is 4.02. The molecule has 14 heavy (non-hydrogen) atoms. The van der Waals surface area contributed by atoms with Gasteiger partial charge in [-0.05, 0) is 34.1 Å². The molecule has 0 aliphatic heterocycles. The van der Waals surface area contributed by atoms with E-state index in [-0.39, 0.29) is 6.54 Å². The number of hydrogen-bond acceptors (Lipinski definition) is 1. The molecule has 0 atom stereocenters. The Hall–Kier alpha value is -0.800. The van der Waals surface area contributed by atoms with Crippen molar-refractivity contribution in [1.82, 2.24) is 4.57 Å². The Bertz CT molecular complexity index is 492. The topological polar surface area (TPSA) is 22.0 Å². The first-order chi connectivity index (χ1) is 6.74. The summed E-state index contributed by atoms with van der Waals surface area (Å²) in [6.45, 7) is 0.238. The highest BCUT2D eigenvalue weighted by molar-refractivity contribution is 9.10. The van der Waals surface area contributed by atoms with Gasteiger partial charge in [-0.2, -0.15) is 0 Å². The van der Waals surface area contributed by atoms with E-state index in [1.807, 2.05) is 30.7 Å². The maximum Gasteiger partial charge on any atom is 0.219 e. The number of hydrogen-bond donors (Lipinski definition) is 0. The van der Waals surface area contributed by atoms with Gasteiger partial charge in [-0.3, -0.25) is 4.79 Å². The highest BCUT2D eigenvalue weighted by Gasteiger charge is 2.06. The van der Waals surface area contributed by atoms with E-state index in [4.69, 9.17) is 11.6 Å². The van der Waals surface area contributed by atoms with Crippen molar-refractivity contribution in [2.24, 2.45) is 0 Å². The van der Waals surface area contributed by atoms with Crippen LogP contribution >= 0.6 is 27.5 Å². The molecule has 1 radical (unpaired) electrons. The highest BCUT2D eigenvalue weighted by atomic mass is 79.9. The lowest BCUT2D eigenvalue weighted by Crippen LogP contribution is -1.95. The van der Waals surface area contributed by atoms with Crippen LogP contribution in [0.15, 0.2) is 28.9 Å². The molecule has 71 valence electrons. The summed E-state index contributed by atoms with van der Waals surface area (Å²) in [5.74, 6) is 0. The normalized spacial score (nSPS) is 10.7. The molecule has 0 aliphatic carbocycles. The largest absolute Gasteiger partial charge is 0.339 e. The lowest BCUT2D eigenvalue weighted by Gasteiger charge is -2.01. The molecule has 0 unspecified atom stereocenters. The molecule has 2 nitrogen and oxygen atoms in total. The Morgan fingerprint density at radius 3 is 2.93 bits per heavy atom. The average molecular weight is 272 g/mol. The van der Waals surface area contributed by atoms with Crippen molar-refractivity contribution in [1.29, 1.82) is 0 Å². The van der Waals surface area contributed by atoms with Crippen molar-refractivity contribution in [3.63, 3.8) is 0 Å². The zero-order valence-corrected chi connectivity index (χ0v) is 9.47. The van der Waals surface area contributed by atoms with Gasteiger partial charge >= 0.3 is 0 Å². The number of carbonyl (C=O) groups excluding carboxylic acids is 1. The second-order valence-corrected chi connectivity index (χ2v) is 4.11. The van der Waals surface area contributed by atoms with Gasteiger partial charge in [-0.25, -0.2) is 0 Å². The SMILES string of the molecule is O=[C]Cn1ccc2c(Cl)c(Br)ccc21. The lowest BCUT2D eigenvalue weighted by atomic mass is 10.2. The molecule has 0 amide bonds. The fourth-order valence-electron chi connectivity index (χ4n) is 1.42. The Kier molecular flexibility index (Phi) is 2.61. The fraction of sp³-hybridized carbons (Fsp3) is 0.100. The molecule has 2 rings (SSSR count). The number of benzene rings is 1. The summed E-state index contributed by atoms with van der Waals surface area (Å²) in [6.07, 6.45) is 3.68. The van der Waals surface area contributed by atoms with Crippen LogP contribution in [0.3, 0.4) is 0 Å². The molecule has 4 heteroatoms. The van der Waals surface area contributed by atoms with Gasteiger partial charge in [0.1, 0.15) is 0 Å². The molecule has 1 aromatic heterocycles. The van der Waals surface area contributed by atoms with E-state index in [1.54, 1.807) is 4.57 Å². The Balaban J connectivity index is 2.70. The number of nitrogens with zero attached hydrogens (tertiary/aromatic N) is 1. The molecular formula is C10H6BrClNO. The minimum Gasteiger partial charge on any atom is -0.339 e. The summed E-state index contributed by atoms with van der Waals surface area (Å²) < 4.78 is 2.67. The van der Waals surface area contributed by atoms with Crippen LogP contribution in [0.25, 0.3) is 10.9 Å². The molecule has 1 heterocycles. The van der Waals surface area contributed by atoms with Gasteiger partial charge in [0.25, 0.3) is 0 Å². The molecule has 0 saturated carbocycles. The summed E-state index contributed by atoms with van der Waals surface area (Å²) in [6, 6.07) is 5.67. The molecule has 0 N–H and O–H groups in total. The van der Waals surface area contributed by atoms with Crippen LogP contribution in [0.2, 0.25) is 5.02 Å². The summed E-state index contributed by atoms with van der Waals surface area (Å²) in [7, 11) is 0. The predicted molar refractivity (Wildman–Crippen MR) is 60.3 cm³/mol. The van der Waals surface area contributed by atoms with E-state index in [0.29, 0.717) is 5.02 Å². The van der Waals surface area contributed by atoms with Crippen molar-refractivity contribution in [3.8, 4) is 0 Å². The van der Waals surface area contributed by atoms with Crippen LogP contribution in [0, 0.1) is 0 Å². The van der Waals surface area contributed by atoms with Crippen molar-refractivity contribution in [2.45, 2.75) is 6.54 Å². The van der Waals surface area contributed by atoms with Crippen LogP contribution in [-0.2, 0) is 11.3 Å². The van der Waals surface area contributed by atoms with Gasteiger partial charge in [-0.15, -0.1) is 0 Å². The lowest BCUT2D eigenvalue weighted by molar-refractivity contribution is 0.546. The Morgan fingerprint density at radius 1 is 1.43 bits per heavy atom. The molecule has 1 aromatic carbocycles. The highest BCUT2D eigenvalue weighted by Crippen LogP contribution is 2.31. The summed E-state index contributed by atoms with van der Waals surface area (Å²) in [4.78, 5) is 10.3. The average Bonchev–Trinajstić information content (AvgIpc) is 2.57. The van der Waals surface area contributed by atoms with E-state index in [2.05, 4.69) is 15.9 Å². The van der Waals surface area contributed by atoms with Crippen LogP contribution in [0.1, 0.15) is 0 Å². The predicted octanol–water partition coefficient (Wildman–Crippen LogP) is 3.17. The van der Waals surface area contributed by atoms with Gasteiger partial charge in [0.2, 0.25) is 6.29 Å². The zero-order chi connectivity index (χ0) is 10.1. The molecule has 0 fully saturated rings. The second kappa shape index (κ2) is 3.75. The minimum absolute atomic E-state index is 0.238. The van der Waals surface area contributed by atoms with Crippen molar-refractivity contribution >= 4 is 44.7 Å². The fourth-order valence-corrected chi connectivity index (χ4v) is 1.99. The molecule has 2 aromatic rings. The van der Waals surface area contributed by atoms with Crippen LogP contribution < -0.4 is 0 Å². The van der Waals surface area contributed by atoms with E-state index < -0.39 is 0 Å². The summed E-state index contributed by atoms with van der Waals surface area (Å²) in [5.41, 5.74) is 0.946. The van der Waals surface area contributed by atoms with E-state index in [9.17, 15) is 4.79 Å². The molecule has 0 saturated heterocycles. The number of aromatic nitrogens is 1.